The topological polar surface area (TPSA) is 0 Å². The molecule has 20 heavy (non-hydrogen) atoms. The average molecular weight is 266 g/mol. The molecule has 0 bridgehead atoms. The van der Waals surface area contributed by atoms with Gasteiger partial charge in [-0.15, -0.1) is 0 Å². The van der Waals surface area contributed by atoms with Crippen LogP contribution in [0, 0.1) is 6.92 Å². The Hall–Kier alpha value is -2.08. The summed E-state index contributed by atoms with van der Waals surface area (Å²) < 4.78 is 0. The summed E-state index contributed by atoms with van der Waals surface area (Å²) in [7, 11) is 0. The van der Waals surface area contributed by atoms with E-state index in [-0.39, 0.29) is 0 Å². The second-order valence-corrected chi connectivity index (χ2v) is 3.97. The van der Waals surface area contributed by atoms with Crippen LogP contribution in [-0.4, -0.2) is 0 Å². The molecule has 0 atom stereocenters. The van der Waals surface area contributed by atoms with Crippen LogP contribution in [0.5, 0.6) is 0 Å². The van der Waals surface area contributed by atoms with E-state index in [1.165, 1.54) is 16.7 Å². The Morgan fingerprint density at radius 1 is 0.850 bits per heavy atom. The van der Waals surface area contributed by atoms with E-state index in [0.29, 0.717) is 0 Å². The lowest BCUT2D eigenvalue weighted by Gasteiger charge is -1.98. The molecule has 0 fully saturated rings. The molecule has 0 N–H and O–H groups in total. The Morgan fingerprint density at radius 2 is 1.30 bits per heavy atom. The maximum atomic E-state index is 3.74. The van der Waals surface area contributed by atoms with Crippen molar-refractivity contribution in [1.29, 1.82) is 0 Å². The van der Waals surface area contributed by atoms with E-state index in [2.05, 4.69) is 43.8 Å². The van der Waals surface area contributed by atoms with Crippen LogP contribution < -0.4 is 0 Å². The highest BCUT2D eigenvalue weighted by molar-refractivity contribution is 5.72. The van der Waals surface area contributed by atoms with Gasteiger partial charge in [0, 0.05) is 0 Å². The van der Waals surface area contributed by atoms with Gasteiger partial charge in [0.25, 0.3) is 0 Å². The predicted molar refractivity (Wildman–Crippen MR) is 92.8 cm³/mol. The number of hydrogen-bond donors (Lipinski definition) is 0. The lowest BCUT2D eigenvalue weighted by molar-refractivity contribution is 1.48. The molecule has 0 aliphatic rings. The van der Waals surface area contributed by atoms with Crippen molar-refractivity contribution in [3.8, 4) is 0 Å². The third-order valence-electron chi connectivity index (χ3n) is 2.58. The Kier molecular flexibility index (Phi) is 10.7. The summed E-state index contributed by atoms with van der Waals surface area (Å²) in [5, 5.41) is 0. The summed E-state index contributed by atoms with van der Waals surface area (Å²) in [6.45, 7) is 11.8. The first kappa shape index (κ1) is 17.9. The van der Waals surface area contributed by atoms with Gasteiger partial charge in [0.2, 0.25) is 0 Å². The van der Waals surface area contributed by atoms with E-state index in [1.807, 2.05) is 63.2 Å². The van der Waals surface area contributed by atoms with Crippen LogP contribution in [0.4, 0.5) is 0 Å². The highest BCUT2D eigenvalue weighted by Gasteiger charge is 1.91. The van der Waals surface area contributed by atoms with Crippen LogP contribution in [0.15, 0.2) is 79.4 Å². The lowest BCUT2D eigenvalue weighted by Crippen LogP contribution is -1.76. The Morgan fingerprint density at radius 3 is 1.60 bits per heavy atom. The van der Waals surface area contributed by atoms with E-state index >= 15 is 0 Å². The van der Waals surface area contributed by atoms with Crippen molar-refractivity contribution in [2.24, 2.45) is 0 Å². The number of hydrogen-bond acceptors (Lipinski definition) is 0. The fraction of sp³-hybridized carbons (Fsp3) is 0.200. The molecule has 0 aliphatic heterocycles. The van der Waals surface area contributed by atoms with Crippen LogP contribution in [0.1, 0.15) is 31.9 Å². The molecule has 0 aromatic heterocycles. The predicted octanol–water partition coefficient (Wildman–Crippen LogP) is 6.30. The minimum absolute atomic E-state index is 1.19. The average Bonchev–Trinajstić information content (AvgIpc) is 2.53. The first-order chi connectivity index (χ1) is 9.77. The van der Waals surface area contributed by atoms with Crippen molar-refractivity contribution >= 4 is 5.57 Å². The molecular weight excluding hydrogens is 240 g/mol. The highest BCUT2D eigenvalue weighted by atomic mass is 14.0. The van der Waals surface area contributed by atoms with Gasteiger partial charge >= 0.3 is 0 Å². The zero-order chi connectivity index (χ0) is 15.2. The lowest BCUT2D eigenvalue weighted by atomic mass is 10.1. The molecular formula is C20H26. The summed E-state index contributed by atoms with van der Waals surface area (Å²) in [5.74, 6) is 0. The molecule has 0 aliphatic carbocycles. The van der Waals surface area contributed by atoms with Crippen molar-refractivity contribution in [2.75, 3.05) is 0 Å². The molecule has 0 nitrogen and oxygen atoms in total. The van der Waals surface area contributed by atoms with E-state index in [0.717, 1.165) is 0 Å². The highest BCUT2D eigenvalue weighted by Crippen LogP contribution is 2.13. The largest absolute Gasteiger partial charge is 0.0985 e. The number of benzene rings is 2. The van der Waals surface area contributed by atoms with E-state index in [9.17, 15) is 0 Å². The smallest absolute Gasteiger partial charge is 0.0188 e. The van der Waals surface area contributed by atoms with Crippen LogP contribution in [0.25, 0.3) is 5.57 Å². The molecule has 106 valence electrons. The molecule has 0 radical (unpaired) electrons. The number of aryl methyl sites for hydroxylation is 1. The maximum Gasteiger partial charge on any atom is -0.0188 e. The van der Waals surface area contributed by atoms with Crippen LogP contribution >= 0.6 is 0 Å². The number of allylic oxidation sites excluding steroid dienone is 3. The maximum absolute atomic E-state index is 3.74. The Labute approximate surface area is 124 Å². The standard InChI is InChI=1S/C11H12.C7H8.C2H6/c1-3-10(4-2)11-8-6-5-7-9-11;1-7-5-3-2-4-6-7;1-2/h3-9H,1H2,2H3;2-6H,1H3;1-2H3/b10-4-;;. The summed E-state index contributed by atoms with van der Waals surface area (Å²) in [6.07, 6.45) is 3.93. The molecule has 0 heteroatoms. The minimum atomic E-state index is 1.19. The molecule has 2 aromatic rings. The Bertz CT molecular complexity index is 478. The molecule has 0 heterocycles. The van der Waals surface area contributed by atoms with E-state index in [1.54, 1.807) is 0 Å². The number of rotatable bonds is 2. The SMILES string of the molecule is C=C/C(=C/C)c1ccccc1.CC.Cc1ccccc1. The molecule has 0 spiro atoms. The van der Waals surface area contributed by atoms with Gasteiger partial charge in [0.05, 0.1) is 0 Å². The van der Waals surface area contributed by atoms with Gasteiger partial charge in [0.15, 0.2) is 0 Å². The van der Waals surface area contributed by atoms with E-state index < -0.39 is 0 Å². The van der Waals surface area contributed by atoms with Crippen molar-refractivity contribution in [3.63, 3.8) is 0 Å². The molecule has 2 rings (SSSR count). The molecule has 0 saturated carbocycles. The monoisotopic (exact) mass is 266 g/mol. The van der Waals surface area contributed by atoms with Gasteiger partial charge in [-0.1, -0.05) is 98.8 Å². The van der Waals surface area contributed by atoms with Gasteiger partial charge in [-0.25, -0.2) is 0 Å². The molecule has 0 unspecified atom stereocenters. The third-order valence-corrected chi connectivity index (χ3v) is 2.58. The van der Waals surface area contributed by atoms with Gasteiger partial charge in [0.1, 0.15) is 0 Å². The van der Waals surface area contributed by atoms with Crippen molar-refractivity contribution in [1.82, 2.24) is 0 Å². The van der Waals surface area contributed by atoms with Crippen molar-refractivity contribution < 1.29 is 0 Å². The quantitative estimate of drug-likeness (QED) is 0.560. The first-order valence-electron chi connectivity index (χ1n) is 7.13. The fourth-order valence-electron chi connectivity index (χ4n) is 1.57. The summed E-state index contributed by atoms with van der Waals surface area (Å²) in [6, 6.07) is 20.5. The van der Waals surface area contributed by atoms with Gasteiger partial charge in [-0.2, -0.15) is 0 Å². The minimum Gasteiger partial charge on any atom is -0.0985 e. The zero-order valence-electron chi connectivity index (χ0n) is 13.1. The molecule has 0 saturated heterocycles. The molecule has 0 amide bonds. The van der Waals surface area contributed by atoms with Crippen LogP contribution in [0.3, 0.4) is 0 Å². The van der Waals surface area contributed by atoms with Crippen molar-refractivity contribution in [2.45, 2.75) is 27.7 Å². The summed E-state index contributed by atoms with van der Waals surface area (Å²) in [4.78, 5) is 0. The fourth-order valence-corrected chi connectivity index (χ4v) is 1.57. The summed E-state index contributed by atoms with van der Waals surface area (Å²) >= 11 is 0. The second kappa shape index (κ2) is 12.0. The first-order valence-corrected chi connectivity index (χ1v) is 7.13. The normalized spacial score (nSPS) is 9.50. The second-order valence-electron chi connectivity index (χ2n) is 3.97. The third kappa shape index (κ3) is 7.38. The Balaban J connectivity index is 0.000000345. The zero-order valence-corrected chi connectivity index (χ0v) is 13.1. The van der Waals surface area contributed by atoms with Gasteiger partial charge in [-0.05, 0) is 25.0 Å². The van der Waals surface area contributed by atoms with E-state index in [4.69, 9.17) is 0 Å². The van der Waals surface area contributed by atoms with Crippen molar-refractivity contribution in [3.05, 3.63) is 90.5 Å². The van der Waals surface area contributed by atoms with Gasteiger partial charge in [-0.3, -0.25) is 0 Å². The van der Waals surface area contributed by atoms with Crippen LogP contribution in [0.2, 0.25) is 0 Å². The van der Waals surface area contributed by atoms with Crippen LogP contribution in [-0.2, 0) is 0 Å². The summed E-state index contributed by atoms with van der Waals surface area (Å²) in [5.41, 5.74) is 3.73. The van der Waals surface area contributed by atoms with Gasteiger partial charge < -0.3 is 0 Å². The molecule has 2 aromatic carbocycles.